The van der Waals surface area contributed by atoms with E-state index in [4.69, 9.17) is 9.47 Å². The minimum absolute atomic E-state index is 0. The average Bonchev–Trinajstić information content (AvgIpc) is 2.64. The number of rotatable bonds is 7. The molecule has 27 heavy (non-hydrogen) atoms. The molecule has 2 heterocycles. The highest BCUT2D eigenvalue weighted by Gasteiger charge is 2.18. The van der Waals surface area contributed by atoms with Gasteiger partial charge in [-0.1, -0.05) is 6.07 Å². The van der Waals surface area contributed by atoms with Crippen LogP contribution in [0.15, 0.2) is 23.3 Å². The van der Waals surface area contributed by atoms with Gasteiger partial charge in [0.05, 0.1) is 24.9 Å². The second-order valence-corrected chi connectivity index (χ2v) is 7.16. The molecular weight excluding hydrogens is 457 g/mol. The molecule has 0 saturated carbocycles. The molecule has 1 atom stereocenters. The smallest absolute Gasteiger partial charge is 0.191 e. The van der Waals surface area contributed by atoms with Crippen molar-refractivity contribution in [2.24, 2.45) is 4.99 Å². The summed E-state index contributed by atoms with van der Waals surface area (Å²) < 4.78 is 11.0. The number of hydrogen-bond acceptors (Lipinski definition) is 5. The maximum absolute atomic E-state index is 5.59. The molecule has 1 fully saturated rings. The molecule has 1 aliphatic heterocycles. The summed E-state index contributed by atoms with van der Waals surface area (Å²) in [4.78, 5) is 11.5. The molecule has 0 aromatic carbocycles. The van der Waals surface area contributed by atoms with Crippen LogP contribution < -0.4 is 15.5 Å². The lowest BCUT2D eigenvalue weighted by Gasteiger charge is -2.32. The van der Waals surface area contributed by atoms with E-state index in [1.54, 1.807) is 7.11 Å². The fourth-order valence-corrected chi connectivity index (χ4v) is 2.60. The molecule has 0 spiro atoms. The van der Waals surface area contributed by atoms with Crippen LogP contribution in [-0.4, -0.2) is 62.5 Å². The Bertz CT molecular complexity index is 580. The SMILES string of the molecule is CCNC(=NCc1ccc(N2CCOC(C)C2)nc1)NCC(C)(C)OC.I. The third kappa shape index (κ3) is 8.18. The highest BCUT2D eigenvalue weighted by atomic mass is 127. The maximum atomic E-state index is 5.59. The second kappa shape index (κ2) is 11.7. The summed E-state index contributed by atoms with van der Waals surface area (Å²) in [7, 11) is 1.72. The van der Waals surface area contributed by atoms with Gasteiger partial charge in [-0.15, -0.1) is 24.0 Å². The minimum atomic E-state index is -0.241. The second-order valence-electron chi connectivity index (χ2n) is 7.16. The largest absolute Gasteiger partial charge is 0.377 e. The lowest BCUT2D eigenvalue weighted by molar-refractivity contribution is 0.0268. The Morgan fingerprint density at radius 3 is 2.78 bits per heavy atom. The molecular formula is C19H34IN5O2. The maximum Gasteiger partial charge on any atom is 0.191 e. The fraction of sp³-hybridized carbons (Fsp3) is 0.684. The van der Waals surface area contributed by atoms with Gasteiger partial charge in [-0.3, -0.25) is 0 Å². The van der Waals surface area contributed by atoms with E-state index in [0.717, 1.165) is 43.6 Å². The van der Waals surface area contributed by atoms with Crippen molar-refractivity contribution in [1.82, 2.24) is 15.6 Å². The first kappa shape index (κ1) is 23.9. The number of guanidine groups is 1. The zero-order valence-electron chi connectivity index (χ0n) is 17.1. The van der Waals surface area contributed by atoms with Gasteiger partial charge in [-0.25, -0.2) is 9.98 Å². The summed E-state index contributed by atoms with van der Waals surface area (Å²) in [5.74, 6) is 1.78. The van der Waals surface area contributed by atoms with Gasteiger partial charge < -0.3 is 25.0 Å². The Labute approximate surface area is 180 Å². The molecule has 2 N–H and O–H groups in total. The minimum Gasteiger partial charge on any atom is -0.377 e. The molecule has 1 aromatic rings. The number of halogens is 1. The molecule has 0 amide bonds. The molecule has 8 heteroatoms. The van der Waals surface area contributed by atoms with Crippen molar-refractivity contribution in [1.29, 1.82) is 0 Å². The zero-order valence-corrected chi connectivity index (χ0v) is 19.4. The van der Waals surface area contributed by atoms with Crippen molar-refractivity contribution in [3.05, 3.63) is 23.9 Å². The number of nitrogens with one attached hydrogen (secondary N) is 2. The fourth-order valence-electron chi connectivity index (χ4n) is 2.60. The van der Waals surface area contributed by atoms with Crippen LogP contribution in [0.4, 0.5) is 5.82 Å². The van der Waals surface area contributed by atoms with E-state index in [0.29, 0.717) is 13.1 Å². The van der Waals surface area contributed by atoms with Crippen LogP contribution >= 0.6 is 24.0 Å². The Hall–Kier alpha value is -1.13. The number of pyridine rings is 1. The molecule has 2 rings (SSSR count). The van der Waals surface area contributed by atoms with Gasteiger partial charge in [0.15, 0.2) is 5.96 Å². The lowest BCUT2D eigenvalue weighted by Crippen LogP contribution is -2.45. The van der Waals surface area contributed by atoms with Gasteiger partial charge in [0, 0.05) is 39.5 Å². The number of aromatic nitrogens is 1. The summed E-state index contributed by atoms with van der Waals surface area (Å²) in [6, 6.07) is 4.16. The van der Waals surface area contributed by atoms with Gasteiger partial charge >= 0.3 is 0 Å². The average molecular weight is 491 g/mol. The molecule has 1 unspecified atom stereocenters. The van der Waals surface area contributed by atoms with Crippen LogP contribution in [0.25, 0.3) is 0 Å². The van der Waals surface area contributed by atoms with Crippen LogP contribution in [0.1, 0.15) is 33.3 Å². The van der Waals surface area contributed by atoms with Crippen molar-refractivity contribution >= 4 is 35.8 Å². The van der Waals surface area contributed by atoms with Crippen LogP contribution in [0, 0.1) is 0 Å². The summed E-state index contributed by atoms with van der Waals surface area (Å²) in [6.07, 6.45) is 2.15. The molecule has 1 saturated heterocycles. The Morgan fingerprint density at radius 2 is 2.19 bits per heavy atom. The zero-order chi connectivity index (χ0) is 19.0. The van der Waals surface area contributed by atoms with E-state index in [1.165, 1.54) is 0 Å². The van der Waals surface area contributed by atoms with E-state index in [1.807, 2.05) is 20.0 Å². The first-order valence-electron chi connectivity index (χ1n) is 9.32. The predicted octanol–water partition coefficient (Wildman–Crippen LogP) is 2.40. The first-order valence-corrected chi connectivity index (χ1v) is 9.32. The molecule has 154 valence electrons. The van der Waals surface area contributed by atoms with E-state index in [2.05, 4.69) is 51.5 Å². The summed E-state index contributed by atoms with van der Waals surface area (Å²) in [5, 5.41) is 6.58. The van der Waals surface area contributed by atoms with Gasteiger partial charge in [0.2, 0.25) is 0 Å². The number of ether oxygens (including phenoxy) is 2. The van der Waals surface area contributed by atoms with E-state index in [9.17, 15) is 0 Å². The Morgan fingerprint density at radius 1 is 1.41 bits per heavy atom. The predicted molar refractivity (Wildman–Crippen MR) is 121 cm³/mol. The van der Waals surface area contributed by atoms with Gasteiger partial charge in [-0.2, -0.15) is 0 Å². The van der Waals surface area contributed by atoms with Crippen molar-refractivity contribution in [3.63, 3.8) is 0 Å². The van der Waals surface area contributed by atoms with Crippen molar-refractivity contribution < 1.29 is 9.47 Å². The summed E-state index contributed by atoms with van der Waals surface area (Å²) in [6.45, 7) is 12.8. The van der Waals surface area contributed by atoms with Crippen molar-refractivity contribution in [2.75, 3.05) is 44.8 Å². The van der Waals surface area contributed by atoms with E-state index < -0.39 is 0 Å². The molecule has 0 bridgehead atoms. The molecule has 7 nitrogen and oxygen atoms in total. The normalized spacial score (nSPS) is 18.0. The van der Waals surface area contributed by atoms with Crippen molar-refractivity contribution in [2.45, 2.75) is 45.9 Å². The standard InChI is InChI=1S/C19H33N5O2.HI/c1-6-20-18(23-14-19(3,4)25-5)22-12-16-7-8-17(21-11-16)24-9-10-26-15(2)13-24;/h7-8,11,15H,6,9-10,12-14H2,1-5H3,(H2,20,22,23);1H. The quantitative estimate of drug-likeness (QED) is 0.347. The Kier molecular flexibility index (Phi) is 10.3. The van der Waals surface area contributed by atoms with Crippen LogP contribution in [-0.2, 0) is 16.0 Å². The number of hydrogen-bond donors (Lipinski definition) is 2. The molecule has 0 radical (unpaired) electrons. The third-order valence-electron chi connectivity index (χ3n) is 4.37. The summed E-state index contributed by atoms with van der Waals surface area (Å²) >= 11 is 0. The topological polar surface area (TPSA) is 71.0 Å². The Balaban J connectivity index is 0.00000364. The van der Waals surface area contributed by atoms with Crippen molar-refractivity contribution in [3.8, 4) is 0 Å². The van der Waals surface area contributed by atoms with E-state index in [-0.39, 0.29) is 35.7 Å². The highest BCUT2D eigenvalue weighted by Crippen LogP contribution is 2.15. The van der Waals surface area contributed by atoms with Crippen LogP contribution in [0.5, 0.6) is 0 Å². The first-order chi connectivity index (χ1) is 12.4. The summed E-state index contributed by atoms with van der Waals surface area (Å²) in [5.41, 5.74) is 0.840. The molecule has 1 aromatic heterocycles. The van der Waals surface area contributed by atoms with Crippen LogP contribution in [0.2, 0.25) is 0 Å². The molecule has 1 aliphatic rings. The van der Waals surface area contributed by atoms with E-state index >= 15 is 0 Å². The number of morpholine rings is 1. The third-order valence-corrected chi connectivity index (χ3v) is 4.37. The van der Waals surface area contributed by atoms with Crippen LogP contribution in [0.3, 0.4) is 0 Å². The monoisotopic (exact) mass is 491 g/mol. The highest BCUT2D eigenvalue weighted by molar-refractivity contribution is 14.0. The number of aliphatic imine (C=N–C) groups is 1. The lowest BCUT2D eigenvalue weighted by atomic mass is 10.1. The van der Waals surface area contributed by atoms with Gasteiger partial charge in [0.1, 0.15) is 5.82 Å². The number of anilines is 1. The number of methoxy groups -OCH3 is 1. The van der Waals surface area contributed by atoms with Gasteiger partial charge in [0.25, 0.3) is 0 Å². The molecule has 0 aliphatic carbocycles. The van der Waals surface area contributed by atoms with Gasteiger partial charge in [-0.05, 0) is 39.3 Å². The number of nitrogens with zero attached hydrogens (tertiary/aromatic N) is 3.